The van der Waals surface area contributed by atoms with Gasteiger partial charge in [-0.05, 0) is 37.0 Å². The molecule has 9 heteroatoms. The van der Waals surface area contributed by atoms with Crippen molar-refractivity contribution in [2.75, 3.05) is 4.90 Å². The Bertz CT molecular complexity index is 736. The molecule has 0 aliphatic heterocycles. The van der Waals surface area contributed by atoms with Crippen molar-refractivity contribution in [3.63, 3.8) is 0 Å². The van der Waals surface area contributed by atoms with Crippen LogP contribution < -0.4 is 9.64 Å². The maximum absolute atomic E-state index is 12.3. The van der Waals surface area contributed by atoms with Gasteiger partial charge in [-0.15, -0.1) is 19.6 Å². The molecule has 0 atom stereocenters. The molecule has 0 saturated heterocycles. The molecule has 0 aromatic heterocycles. The Morgan fingerprint density at radius 1 is 1.32 bits per heavy atom. The topological polar surface area (TPSA) is 66.8 Å². The Labute approximate surface area is 146 Å². The van der Waals surface area contributed by atoms with E-state index in [0.29, 0.717) is 12.8 Å². The maximum atomic E-state index is 12.3. The fraction of sp³-hybridized carbons (Fsp3) is 0.375. The van der Waals surface area contributed by atoms with Crippen LogP contribution in [0.2, 0.25) is 5.02 Å². The van der Waals surface area contributed by atoms with Crippen molar-refractivity contribution in [2.45, 2.75) is 37.6 Å². The Morgan fingerprint density at radius 3 is 2.36 bits per heavy atom. The number of carbonyl (C=O) groups excluding carboxylic acids is 1. The minimum Gasteiger partial charge on any atom is -0.479 e. The number of terminal acetylenes is 1. The number of anilines is 1. The Kier molecular flexibility index (Phi) is 5.18. The molecule has 134 valence electrons. The Balaban J connectivity index is 2.50. The van der Waals surface area contributed by atoms with Crippen LogP contribution >= 0.6 is 11.6 Å². The van der Waals surface area contributed by atoms with E-state index >= 15 is 0 Å². The molecule has 0 spiro atoms. The predicted molar refractivity (Wildman–Crippen MR) is 83.3 cm³/mol. The molecule has 1 aromatic rings. The number of carboxylic acid groups (broad SMARTS) is 1. The summed E-state index contributed by atoms with van der Waals surface area (Å²) in [6.07, 6.45) is 1.71. The van der Waals surface area contributed by atoms with Gasteiger partial charge in [-0.1, -0.05) is 24.4 Å². The van der Waals surface area contributed by atoms with Crippen LogP contribution in [0.25, 0.3) is 0 Å². The quantitative estimate of drug-likeness (QED) is 0.816. The molecule has 1 N–H and O–H groups in total. The van der Waals surface area contributed by atoms with E-state index in [1.807, 2.05) is 5.92 Å². The average molecular weight is 376 g/mol. The van der Waals surface area contributed by atoms with Crippen molar-refractivity contribution in [3.05, 3.63) is 23.2 Å². The van der Waals surface area contributed by atoms with Gasteiger partial charge in [0.2, 0.25) is 0 Å². The van der Waals surface area contributed by atoms with Gasteiger partial charge >= 0.3 is 18.2 Å². The average Bonchev–Trinajstić information content (AvgIpc) is 2.99. The molecule has 0 bridgehead atoms. The van der Waals surface area contributed by atoms with Crippen LogP contribution in [0, 0.1) is 12.3 Å². The van der Waals surface area contributed by atoms with Crippen LogP contribution in [-0.2, 0) is 9.59 Å². The van der Waals surface area contributed by atoms with E-state index in [4.69, 9.17) is 18.0 Å². The molecule has 2 rings (SSSR count). The molecule has 1 saturated carbocycles. The first-order valence-electron chi connectivity index (χ1n) is 7.20. The van der Waals surface area contributed by atoms with Crippen LogP contribution in [-0.4, -0.2) is 28.9 Å². The van der Waals surface area contributed by atoms with Crippen molar-refractivity contribution < 1.29 is 32.6 Å². The van der Waals surface area contributed by atoms with E-state index in [1.165, 1.54) is 0 Å². The highest BCUT2D eigenvalue weighted by Crippen LogP contribution is 2.41. The van der Waals surface area contributed by atoms with Crippen LogP contribution in [0.1, 0.15) is 25.7 Å². The Morgan fingerprint density at radius 2 is 1.92 bits per heavy atom. The fourth-order valence-electron chi connectivity index (χ4n) is 2.95. The highest BCUT2D eigenvalue weighted by Gasteiger charge is 2.49. The molecular weight excluding hydrogens is 363 g/mol. The lowest BCUT2D eigenvalue weighted by atomic mass is 9.94. The summed E-state index contributed by atoms with van der Waals surface area (Å²) in [4.78, 5) is 24.9. The van der Waals surface area contributed by atoms with Gasteiger partial charge in [-0.25, -0.2) is 4.79 Å². The monoisotopic (exact) mass is 375 g/mol. The van der Waals surface area contributed by atoms with E-state index in [-0.39, 0.29) is 18.5 Å². The first-order valence-corrected chi connectivity index (χ1v) is 7.58. The smallest absolute Gasteiger partial charge is 0.479 e. The number of aliphatic carboxylic acids is 1. The van der Waals surface area contributed by atoms with Gasteiger partial charge in [0.15, 0.2) is 0 Å². The number of halogens is 4. The van der Waals surface area contributed by atoms with Crippen LogP contribution in [0.3, 0.4) is 0 Å². The van der Waals surface area contributed by atoms with Gasteiger partial charge < -0.3 is 9.84 Å². The minimum atomic E-state index is -4.94. The molecule has 1 aliphatic carbocycles. The lowest BCUT2D eigenvalue weighted by molar-refractivity contribution is -0.274. The predicted octanol–water partition coefficient (Wildman–Crippen LogP) is 3.60. The second-order valence-electron chi connectivity index (χ2n) is 5.49. The van der Waals surface area contributed by atoms with E-state index in [9.17, 15) is 27.9 Å². The highest BCUT2D eigenvalue weighted by atomic mass is 35.5. The number of amides is 1. The summed E-state index contributed by atoms with van der Waals surface area (Å²) in [5.74, 6) is -0.951. The molecule has 1 amide bonds. The third kappa shape index (κ3) is 3.82. The molecule has 1 fully saturated rings. The second-order valence-corrected chi connectivity index (χ2v) is 5.90. The third-order valence-electron chi connectivity index (χ3n) is 3.98. The largest absolute Gasteiger partial charge is 0.573 e. The van der Waals surface area contributed by atoms with E-state index in [2.05, 4.69) is 4.74 Å². The first-order chi connectivity index (χ1) is 11.6. The standard InChI is InChI=1S/C16H13ClF3NO4/c1-2-13(22)21(15(14(23)24)7-3-4-8-15)10-5-6-12(11(17)9-10)25-16(18,19)20/h1,5-6,9H,3-4,7-8H2,(H,23,24). The number of benzene rings is 1. The summed E-state index contributed by atoms with van der Waals surface area (Å²) in [6.45, 7) is 0. The number of hydrogen-bond donors (Lipinski definition) is 1. The summed E-state index contributed by atoms with van der Waals surface area (Å²) < 4.78 is 40.7. The Hall–Kier alpha value is -2.40. The summed E-state index contributed by atoms with van der Waals surface area (Å²) in [5.41, 5.74) is -1.56. The van der Waals surface area contributed by atoms with Gasteiger partial charge in [-0.2, -0.15) is 0 Å². The zero-order chi connectivity index (χ0) is 18.8. The maximum Gasteiger partial charge on any atom is 0.573 e. The molecule has 0 heterocycles. The number of nitrogens with zero attached hydrogens (tertiary/aromatic N) is 1. The lowest BCUT2D eigenvalue weighted by Gasteiger charge is -2.36. The summed E-state index contributed by atoms with van der Waals surface area (Å²) in [6, 6.07) is 3.05. The van der Waals surface area contributed by atoms with Gasteiger partial charge in [0.1, 0.15) is 11.3 Å². The number of rotatable bonds is 4. The molecule has 1 aromatic carbocycles. The number of hydrogen-bond acceptors (Lipinski definition) is 3. The number of carboxylic acids is 1. The molecule has 0 radical (unpaired) electrons. The van der Waals surface area contributed by atoms with Crippen LogP contribution in [0.15, 0.2) is 18.2 Å². The third-order valence-corrected chi connectivity index (χ3v) is 4.28. The normalized spacial score (nSPS) is 16.1. The van der Waals surface area contributed by atoms with E-state index in [0.717, 1.165) is 23.1 Å². The van der Waals surface area contributed by atoms with E-state index < -0.39 is 34.5 Å². The van der Waals surface area contributed by atoms with Crippen molar-refractivity contribution in [1.29, 1.82) is 0 Å². The lowest BCUT2D eigenvalue weighted by Crippen LogP contribution is -2.55. The van der Waals surface area contributed by atoms with E-state index in [1.54, 1.807) is 0 Å². The minimum absolute atomic E-state index is 0.00762. The zero-order valence-electron chi connectivity index (χ0n) is 12.8. The zero-order valence-corrected chi connectivity index (χ0v) is 13.5. The van der Waals surface area contributed by atoms with Gasteiger partial charge in [0.25, 0.3) is 0 Å². The summed E-state index contributed by atoms with van der Waals surface area (Å²) in [5, 5.41) is 9.22. The number of carbonyl (C=O) groups is 2. The molecule has 0 unspecified atom stereocenters. The second kappa shape index (κ2) is 6.84. The van der Waals surface area contributed by atoms with Gasteiger partial charge in [0, 0.05) is 5.69 Å². The number of ether oxygens (including phenoxy) is 1. The van der Waals surface area contributed by atoms with Crippen LogP contribution in [0.5, 0.6) is 5.75 Å². The number of alkyl halides is 3. The van der Waals surface area contributed by atoms with Crippen molar-refractivity contribution in [1.82, 2.24) is 0 Å². The summed E-state index contributed by atoms with van der Waals surface area (Å²) >= 11 is 5.80. The first kappa shape index (κ1) is 18.9. The SMILES string of the molecule is C#CC(=O)N(c1ccc(OC(F)(F)F)c(Cl)c1)C1(C(=O)O)CCCC1. The highest BCUT2D eigenvalue weighted by molar-refractivity contribution is 6.32. The van der Waals surface area contributed by atoms with Crippen molar-refractivity contribution >= 4 is 29.2 Å². The van der Waals surface area contributed by atoms with Crippen molar-refractivity contribution in [2.24, 2.45) is 0 Å². The van der Waals surface area contributed by atoms with Crippen molar-refractivity contribution in [3.8, 4) is 18.1 Å². The molecule has 25 heavy (non-hydrogen) atoms. The van der Waals surface area contributed by atoms with Crippen LogP contribution in [0.4, 0.5) is 18.9 Å². The summed E-state index contributed by atoms with van der Waals surface area (Å²) in [7, 11) is 0. The van der Waals surface area contributed by atoms with Gasteiger partial charge in [-0.3, -0.25) is 9.69 Å². The molecule has 5 nitrogen and oxygen atoms in total. The van der Waals surface area contributed by atoms with Gasteiger partial charge in [0.05, 0.1) is 5.02 Å². The molecule has 1 aliphatic rings. The fourth-order valence-corrected chi connectivity index (χ4v) is 3.17. The molecular formula is C16H13ClF3NO4.